The first-order chi connectivity index (χ1) is 13.9. The number of hydrogen-bond acceptors (Lipinski definition) is 3. The van der Waals surface area contributed by atoms with E-state index < -0.39 is 21.8 Å². The van der Waals surface area contributed by atoms with Crippen LogP contribution in [0.4, 0.5) is 17.6 Å². The van der Waals surface area contributed by atoms with Gasteiger partial charge in [0.15, 0.2) is 17.3 Å². The molecule has 31 heavy (non-hydrogen) atoms. The standard InChI is InChI=1S/C20H26I.C2H2F4O3S/c1-19(2,3)15-7-11-17(12-8-15)21-18-13-9-16(10-14-18)20(4,5)6;3-1(4)2(5,6)10(7,8)9/h7-14H,1-6H3;1H,(H,7,8,9)/q+1;/p-1. The van der Waals surface area contributed by atoms with E-state index in [2.05, 4.69) is 90.1 Å². The van der Waals surface area contributed by atoms with Crippen molar-refractivity contribution in [2.24, 2.45) is 0 Å². The van der Waals surface area contributed by atoms with Gasteiger partial charge in [-0.3, -0.25) is 0 Å². The Balaban J connectivity index is 0.000000407. The second kappa shape index (κ2) is 10.2. The molecule has 0 saturated heterocycles. The molecule has 2 aromatic rings. The molecule has 174 valence electrons. The Morgan fingerprint density at radius 2 is 1.03 bits per heavy atom. The van der Waals surface area contributed by atoms with Gasteiger partial charge in [0.2, 0.25) is 0 Å². The lowest BCUT2D eigenvalue weighted by Gasteiger charge is -2.18. The van der Waals surface area contributed by atoms with Gasteiger partial charge in [-0.2, -0.15) is 8.78 Å². The lowest BCUT2D eigenvalue weighted by atomic mass is 9.87. The minimum Gasteiger partial charge on any atom is -0.743 e. The molecule has 0 bridgehead atoms. The molecule has 0 spiro atoms. The van der Waals surface area contributed by atoms with Gasteiger partial charge < -0.3 is 4.55 Å². The summed E-state index contributed by atoms with van der Waals surface area (Å²) in [6.07, 6.45) is -4.48. The van der Waals surface area contributed by atoms with E-state index in [1.54, 1.807) is 0 Å². The van der Waals surface area contributed by atoms with E-state index >= 15 is 0 Å². The topological polar surface area (TPSA) is 57.2 Å². The third kappa shape index (κ3) is 8.34. The van der Waals surface area contributed by atoms with Gasteiger partial charge >= 0.3 is 32.9 Å². The second-order valence-electron chi connectivity index (χ2n) is 8.92. The Bertz CT molecular complexity index is 889. The van der Waals surface area contributed by atoms with E-state index in [1.807, 2.05) is 0 Å². The second-order valence-corrected chi connectivity index (χ2v) is 13.4. The molecular formula is C22H27F4IO3S. The van der Waals surface area contributed by atoms with Crippen LogP contribution in [0.2, 0.25) is 0 Å². The third-order valence-corrected chi connectivity index (χ3v) is 7.75. The fourth-order valence-corrected chi connectivity index (χ4v) is 4.64. The molecule has 0 unspecified atom stereocenters. The van der Waals surface area contributed by atoms with Crippen LogP contribution in [0.5, 0.6) is 0 Å². The van der Waals surface area contributed by atoms with Crippen LogP contribution >= 0.6 is 0 Å². The molecular weight excluding hydrogens is 547 g/mol. The molecule has 2 aromatic carbocycles. The maximum atomic E-state index is 11.4. The van der Waals surface area contributed by atoms with Crippen LogP contribution < -0.4 is 21.2 Å². The van der Waals surface area contributed by atoms with Crippen molar-refractivity contribution in [3.63, 3.8) is 0 Å². The maximum absolute atomic E-state index is 11.4. The molecule has 0 aromatic heterocycles. The summed E-state index contributed by atoms with van der Waals surface area (Å²) in [6.45, 7) is 13.6. The summed E-state index contributed by atoms with van der Waals surface area (Å²) in [5.41, 5.74) is 3.31. The molecule has 9 heteroatoms. The highest BCUT2D eigenvalue weighted by atomic mass is 127. The molecule has 2 rings (SSSR count). The van der Waals surface area contributed by atoms with Gasteiger partial charge in [0.05, 0.1) is 0 Å². The lowest BCUT2D eigenvalue weighted by molar-refractivity contribution is -0.597. The monoisotopic (exact) mass is 574 g/mol. The SMILES string of the molecule is CC(C)(C)c1ccc([I+]c2ccc(C(C)(C)C)cc2)cc1.O=S(=O)([O-])C(F)(F)C(F)F. The predicted octanol–water partition coefficient (Wildman–Crippen LogP) is 2.80. The van der Waals surface area contributed by atoms with Crippen molar-refractivity contribution in [1.82, 2.24) is 0 Å². The van der Waals surface area contributed by atoms with Crippen LogP contribution in [0, 0.1) is 7.14 Å². The van der Waals surface area contributed by atoms with Gasteiger partial charge in [-0.25, -0.2) is 17.2 Å². The zero-order chi connectivity index (χ0) is 24.3. The Kier molecular flexibility index (Phi) is 9.12. The molecule has 0 atom stereocenters. The van der Waals surface area contributed by atoms with E-state index in [9.17, 15) is 30.5 Å². The van der Waals surface area contributed by atoms with Gasteiger partial charge in [-0.05, 0) is 46.2 Å². The molecule has 0 fully saturated rings. The lowest BCUT2D eigenvalue weighted by Crippen LogP contribution is -3.61. The molecule has 0 aliphatic carbocycles. The van der Waals surface area contributed by atoms with Crippen molar-refractivity contribution in [3.8, 4) is 0 Å². The van der Waals surface area contributed by atoms with Crippen molar-refractivity contribution in [2.75, 3.05) is 0 Å². The Morgan fingerprint density at radius 1 is 0.742 bits per heavy atom. The Morgan fingerprint density at radius 3 is 1.19 bits per heavy atom. The number of hydrogen-bond donors (Lipinski definition) is 0. The van der Waals surface area contributed by atoms with Crippen molar-refractivity contribution in [1.29, 1.82) is 0 Å². The molecule has 0 aliphatic heterocycles. The number of alkyl halides is 4. The summed E-state index contributed by atoms with van der Waals surface area (Å²) in [4.78, 5) is 0. The quantitative estimate of drug-likeness (QED) is 0.321. The predicted molar refractivity (Wildman–Crippen MR) is 108 cm³/mol. The smallest absolute Gasteiger partial charge is 0.393 e. The van der Waals surface area contributed by atoms with Gasteiger partial charge in [0, 0.05) is 0 Å². The van der Waals surface area contributed by atoms with Gasteiger partial charge in [0.1, 0.15) is 0 Å². The highest BCUT2D eigenvalue weighted by Gasteiger charge is 2.48. The summed E-state index contributed by atoms with van der Waals surface area (Å²) in [5, 5.41) is -5.48. The Hall–Kier alpha value is -1.20. The molecule has 3 nitrogen and oxygen atoms in total. The fraction of sp³-hybridized carbons (Fsp3) is 0.455. The van der Waals surface area contributed by atoms with Crippen molar-refractivity contribution >= 4 is 10.1 Å². The Labute approximate surface area is 192 Å². The maximum Gasteiger partial charge on any atom is 0.393 e. The number of halogens is 5. The average Bonchev–Trinajstić information content (AvgIpc) is 2.60. The first-order valence-electron chi connectivity index (χ1n) is 9.33. The van der Waals surface area contributed by atoms with Gasteiger partial charge in [-0.15, -0.1) is 0 Å². The molecule has 0 amide bonds. The minimum atomic E-state index is -6.23. The van der Waals surface area contributed by atoms with Crippen LogP contribution in [-0.4, -0.2) is 24.7 Å². The first-order valence-corrected chi connectivity index (χ1v) is 12.9. The van der Waals surface area contributed by atoms with Crippen molar-refractivity contribution in [3.05, 3.63) is 66.8 Å². The van der Waals surface area contributed by atoms with Crippen molar-refractivity contribution < 1.29 is 51.7 Å². The normalized spacial score (nSPS) is 13.0. The van der Waals surface area contributed by atoms with Crippen LogP contribution in [0.15, 0.2) is 48.5 Å². The first kappa shape index (κ1) is 27.8. The zero-order valence-electron chi connectivity index (χ0n) is 18.2. The summed E-state index contributed by atoms with van der Waals surface area (Å²) >= 11 is -0.0703. The molecule has 0 heterocycles. The van der Waals surface area contributed by atoms with E-state index in [0.29, 0.717) is 0 Å². The highest BCUT2D eigenvalue weighted by Crippen LogP contribution is 2.27. The molecule has 0 radical (unpaired) electrons. The summed E-state index contributed by atoms with van der Waals surface area (Å²) < 4.78 is 75.7. The zero-order valence-corrected chi connectivity index (χ0v) is 21.2. The van der Waals surface area contributed by atoms with E-state index in [-0.39, 0.29) is 32.0 Å². The van der Waals surface area contributed by atoms with Gasteiger partial charge in [0.25, 0.3) is 0 Å². The van der Waals surface area contributed by atoms with Crippen LogP contribution in [0.1, 0.15) is 52.7 Å². The van der Waals surface area contributed by atoms with E-state index in [0.717, 1.165) is 0 Å². The van der Waals surface area contributed by atoms with Crippen LogP contribution in [0.25, 0.3) is 0 Å². The fourth-order valence-electron chi connectivity index (χ4n) is 2.26. The minimum absolute atomic E-state index is 0.0703. The summed E-state index contributed by atoms with van der Waals surface area (Å²) in [7, 11) is -6.23. The van der Waals surface area contributed by atoms with E-state index in [1.165, 1.54) is 18.3 Å². The van der Waals surface area contributed by atoms with E-state index in [4.69, 9.17) is 0 Å². The molecule has 0 aliphatic rings. The van der Waals surface area contributed by atoms with Crippen LogP contribution in [0.3, 0.4) is 0 Å². The average molecular weight is 574 g/mol. The van der Waals surface area contributed by atoms with Gasteiger partial charge in [-0.1, -0.05) is 65.8 Å². The third-order valence-electron chi connectivity index (χ3n) is 4.23. The van der Waals surface area contributed by atoms with Crippen molar-refractivity contribution in [2.45, 2.75) is 64.1 Å². The molecule has 0 saturated carbocycles. The molecule has 0 N–H and O–H groups in total. The number of rotatable bonds is 4. The largest absolute Gasteiger partial charge is 0.743 e. The highest BCUT2D eigenvalue weighted by molar-refractivity contribution is 7.86. The summed E-state index contributed by atoms with van der Waals surface area (Å²) in [6, 6.07) is 18.4. The number of benzene rings is 2. The summed E-state index contributed by atoms with van der Waals surface area (Å²) in [5.74, 6) is 0. The van der Waals surface area contributed by atoms with Crippen LogP contribution in [-0.2, 0) is 20.9 Å².